The predicted molar refractivity (Wildman–Crippen MR) is 70.2 cm³/mol. The van der Waals surface area contributed by atoms with Crippen molar-refractivity contribution >= 4 is 21.4 Å². The van der Waals surface area contributed by atoms with Crippen LogP contribution in [0.5, 0.6) is 0 Å². The smallest absolute Gasteiger partial charge is 0.242 e. The molecule has 0 radical (unpaired) electrons. The second kappa shape index (κ2) is 5.41. The molecule has 2 heterocycles. The van der Waals surface area contributed by atoms with E-state index in [0.29, 0.717) is 21.2 Å². The topological polar surface area (TPSA) is 92.4 Å². The normalized spacial score (nSPS) is 11.9. The van der Waals surface area contributed by atoms with Crippen LogP contribution in [0.2, 0.25) is 0 Å². The molecule has 0 aliphatic carbocycles. The van der Waals surface area contributed by atoms with E-state index in [9.17, 15) is 8.42 Å². The lowest BCUT2D eigenvalue weighted by Crippen LogP contribution is -2.23. The summed E-state index contributed by atoms with van der Waals surface area (Å²) in [4.78, 5) is 1.46. The molecule has 0 saturated carbocycles. The first-order chi connectivity index (χ1) is 8.92. The minimum Gasteiger partial charge on any atom is -0.391 e. The lowest BCUT2D eigenvalue weighted by atomic mass is 10.4. The van der Waals surface area contributed by atoms with E-state index in [4.69, 9.17) is 9.63 Å². The molecule has 8 heteroatoms. The Labute approximate surface area is 115 Å². The maximum atomic E-state index is 12.1. The summed E-state index contributed by atoms with van der Waals surface area (Å²) in [6.45, 7) is 3.35. The van der Waals surface area contributed by atoms with Gasteiger partial charge in [0.05, 0.1) is 23.7 Å². The van der Waals surface area contributed by atoms with Crippen LogP contribution < -0.4 is 4.72 Å². The Morgan fingerprint density at radius 2 is 2.16 bits per heavy atom. The van der Waals surface area contributed by atoms with Crippen LogP contribution in [0.4, 0.5) is 0 Å². The highest BCUT2D eigenvalue weighted by Gasteiger charge is 2.20. The summed E-state index contributed by atoms with van der Waals surface area (Å²) < 4.78 is 31.6. The van der Waals surface area contributed by atoms with Crippen molar-refractivity contribution in [1.29, 1.82) is 0 Å². The molecule has 2 aromatic heterocycles. The van der Waals surface area contributed by atoms with Crippen LogP contribution in [-0.4, -0.2) is 18.7 Å². The van der Waals surface area contributed by atoms with Gasteiger partial charge in [-0.15, -0.1) is 11.3 Å². The molecule has 0 spiro atoms. The number of sulfonamides is 1. The second-order valence-electron chi connectivity index (χ2n) is 4.05. The van der Waals surface area contributed by atoms with Gasteiger partial charge in [-0.2, -0.15) is 0 Å². The number of hydrogen-bond acceptors (Lipinski definition) is 6. The molecular formula is C11H14N2O4S2. The lowest BCUT2D eigenvalue weighted by Gasteiger charge is -2.03. The van der Waals surface area contributed by atoms with Gasteiger partial charge < -0.3 is 9.63 Å². The van der Waals surface area contributed by atoms with E-state index in [1.807, 2.05) is 0 Å². The molecule has 0 amide bonds. The number of rotatable bonds is 5. The van der Waals surface area contributed by atoms with Gasteiger partial charge in [0.2, 0.25) is 10.0 Å². The summed E-state index contributed by atoms with van der Waals surface area (Å²) in [6.07, 6.45) is 0. The molecule has 0 unspecified atom stereocenters. The maximum Gasteiger partial charge on any atom is 0.242 e. The van der Waals surface area contributed by atoms with E-state index in [-0.39, 0.29) is 18.0 Å². The minimum absolute atomic E-state index is 0.0485. The first-order valence-corrected chi connectivity index (χ1v) is 7.84. The predicted octanol–water partition coefficient (Wildman–Crippen LogP) is 1.32. The lowest BCUT2D eigenvalue weighted by molar-refractivity contribution is 0.285. The van der Waals surface area contributed by atoms with Gasteiger partial charge in [0.25, 0.3) is 0 Å². The number of nitrogens with zero attached hydrogens (tertiary/aromatic N) is 1. The number of aliphatic hydroxyl groups excluding tert-OH is 1. The second-order valence-corrected chi connectivity index (χ2v) is 7.13. The summed E-state index contributed by atoms with van der Waals surface area (Å²) >= 11 is 1.26. The number of aromatic nitrogens is 1. The van der Waals surface area contributed by atoms with Gasteiger partial charge in [0.15, 0.2) is 5.76 Å². The van der Waals surface area contributed by atoms with Crippen molar-refractivity contribution in [3.63, 3.8) is 0 Å². The van der Waals surface area contributed by atoms with Gasteiger partial charge in [0.1, 0.15) is 0 Å². The van der Waals surface area contributed by atoms with Crippen LogP contribution in [0.15, 0.2) is 21.6 Å². The number of aryl methyl sites for hydroxylation is 2. The van der Waals surface area contributed by atoms with E-state index in [1.54, 1.807) is 19.9 Å². The standard InChI is InChI=1S/C11H14N2O4S2/c1-7-3-9(17-13-7)5-12-19(15,16)11-4-10(6-14)18-8(11)2/h3-4,12,14H,5-6H2,1-2H3. The van der Waals surface area contributed by atoms with E-state index >= 15 is 0 Å². The first kappa shape index (κ1) is 14.2. The summed E-state index contributed by atoms with van der Waals surface area (Å²) in [6, 6.07) is 3.15. The Balaban J connectivity index is 2.15. The molecule has 0 saturated heterocycles. The van der Waals surface area contributed by atoms with Crippen molar-refractivity contribution in [1.82, 2.24) is 9.88 Å². The van der Waals surface area contributed by atoms with Crippen LogP contribution in [-0.2, 0) is 23.2 Å². The van der Waals surface area contributed by atoms with Crippen LogP contribution in [0.1, 0.15) is 21.2 Å². The van der Waals surface area contributed by atoms with Crippen LogP contribution in [0, 0.1) is 13.8 Å². The van der Waals surface area contributed by atoms with Crippen molar-refractivity contribution in [2.24, 2.45) is 0 Å². The molecule has 0 aromatic carbocycles. The molecule has 104 valence electrons. The van der Waals surface area contributed by atoms with E-state index in [1.165, 1.54) is 17.4 Å². The quantitative estimate of drug-likeness (QED) is 0.869. The van der Waals surface area contributed by atoms with Crippen LogP contribution in [0.3, 0.4) is 0 Å². The van der Waals surface area contributed by atoms with Crippen LogP contribution >= 0.6 is 11.3 Å². The molecule has 0 atom stereocenters. The fourth-order valence-electron chi connectivity index (χ4n) is 1.61. The molecule has 19 heavy (non-hydrogen) atoms. The van der Waals surface area contributed by atoms with E-state index in [2.05, 4.69) is 9.88 Å². The zero-order chi connectivity index (χ0) is 14.0. The zero-order valence-corrected chi connectivity index (χ0v) is 12.1. The molecule has 0 aliphatic heterocycles. The van der Waals surface area contributed by atoms with Gasteiger partial charge in [0, 0.05) is 15.8 Å². The zero-order valence-electron chi connectivity index (χ0n) is 10.5. The van der Waals surface area contributed by atoms with E-state index < -0.39 is 10.0 Å². The number of aliphatic hydroxyl groups is 1. The van der Waals surface area contributed by atoms with Gasteiger partial charge >= 0.3 is 0 Å². The van der Waals surface area contributed by atoms with Crippen molar-refractivity contribution in [2.45, 2.75) is 31.9 Å². The fraction of sp³-hybridized carbons (Fsp3) is 0.364. The van der Waals surface area contributed by atoms with E-state index in [0.717, 1.165) is 0 Å². The molecule has 2 N–H and O–H groups in total. The molecule has 6 nitrogen and oxygen atoms in total. The third-order valence-electron chi connectivity index (χ3n) is 2.48. The Morgan fingerprint density at radius 1 is 1.42 bits per heavy atom. The molecular weight excluding hydrogens is 288 g/mol. The summed E-state index contributed by atoms with van der Waals surface area (Å²) in [5.41, 5.74) is 0.698. The van der Waals surface area contributed by atoms with Gasteiger partial charge in [-0.3, -0.25) is 0 Å². The highest BCUT2D eigenvalue weighted by atomic mass is 32.2. The highest BCUT2D eigenvalue weighted by Crippen LogP contribution is 2.25. The van der Waals surface area contributed by atoms with Crippen LogP contribution in [0.25, 0.3) is 0 Å². The minimum atomic E-state index is -3.61. The molecule has 0 bridgehead atoms. The Morgan fingerprint density at radius 3 is 2.68 bits per heavy atom. The van der Waals surface area contributed by atoms with Gasteiger partial charge in [-0.05, 0) is 19.9 Å². The average molecular weight is 302 g/mol. The van der Waals surface area contributed by atoms with Crippen molar-refractivity contribution < 1.29 is 18.0 Å². The number of thiophene rings is 1. The Hall–Kier alpha value is -1.22. The molecule has 2 aromatic rings. The molecule has 0 aliphatic rings. The summed E-state index contributed by atoms with van der Waals surface area (Å²) in [5, 5.41) is 12.7. The first-order valence-electron chi connectivity index (χ1n) is 5.54. The van der Waals surface area contributed by atoms with Crippen molar-refractivity contribution in [3.8, 4) is 0 Å². The van der Waals surface area contributed by atoms with Crippen molar-refractivity contribution in [3.05, 3.63) is 33.3 Å². The fourth-order valence-corrected chi connectivity index (χ4v) is 4.10. The third kappa shape index (κ3) is 3.21. The Bertz CT molecular complexity index is 673. The molecule has 0 fully saturated rings. The summed E-state index contributed by atoms with van der Waals surface area (Å²) in [5.74, 6) is 0.455. The maximum absolute atomic E-state index is 12.1. The molecule has 2 rings (SSSR count). The Kier molecular flexibility index (Phi) is 4.04. The average Bonchev–Trinajstić information content (AvgIpc) is 2.93. The number of hydrogen-bond donors (Lipinski definition) is 2. The monoisotopic (exact) mass is 302 g/mol. The number of nitrogens with one attached hydrogen (secondary N) is 1. The van der Waals surface area contributed by atoms with Gasteiger partial charge in [-0.25, -0.2) is 13.1 Å². The highest BCUT2D eigenvalue weighted by molar-refractivity contribution is 7.89. The van der Waals surface area contributed by atoms with Gasteiger partial charge in [-0.1, -0.05) is 5.16 Å². The summed E-state index contributed by atoms with van der Waals surface area (Å²) in [7, 11) is -3.61. The third-order valence-corrected chi connectivity index (χ3v) is 5.17. The SMILES string of the molecule is Cc1cc(CNS(=O)(=O)c2cc(CO)sc2C)on1. The largest absolute Gasteiger partial charge is 0.391 e. The van der Waals surface area contributed by atoms with Crippen molar-refractivity contribution in [2.75, 3.05) is 0 Å².